The molecule has 0 aliphatic heterocycles. The molecule has 0 radical (unpaired) electrons. The molecular formula is C11H10BrClFN3O4. The zero-order valence-corrected chi connectivity index (χ0v) is 12.7. The van der Waals surface area contributed by atoms with Crippen molar-refractivity contribution in [1.82, 2.24) is 4.90 Å². The minimum absolute atomic E-state index is 0.0444. The summed E-state index contributed by atoms with van der Waals surface area (Å²) in [6.07, 6.45) is 0. The van der Waals surface area contributed by atoms with Crippen LogP contribution in [0.5, 0.6) is 0 Å². The van der Waals surface area contributed by atoms with E-state index in [0.29, 0.717) is 4.90 Å². The van der Waals surface area contributed by atoms with E-state index in [1.165, 1.54) is 0 Å². The molecule has 0 saturated carbocycles. The largest absolute Gasteiger partial charge is 0.480 e. The van der Waals surface area contributed by atoms with Gasteiger partial charge in [-0.1, -0.05) is 11.6 Å². The fourth-order valence-corrected chi connectivity index (χ4v) is 2.30. The summed E-state index contributed by atoms with van der Waals surface area (Å²) in [5, 5.41) is 10.9. The first-order valence-corrected chi connectivity index (χ1v) is 6.58. The van der Waals surface area contributed by atoms with Gasteiger partial charge < -0.3 is 21.1 Å². The van der Waals surface area contributed by atoms with Crippen molar-refractivity contribution in [3.05, 3.63) is 27.4 Å². The number of hydrogen-bond donors (Lipinski definition) is 3. The Bertz CT molecular complexity index is 560. The SMILES string of the molecule is NC(=O)CN(CC(=O)O)C(=O)Nc1c(Cl)cc(F)cc1Br. The minimum Gasteiger partial charge on any atom is -0.480 e. The zero-order chi connectivity index (χ0) is 16.2. The van der Waals surface area contributed by atoms with E-state index in [9.17, 15) is 18.8 Å². The van der Waals surface area contributed by atoms with E-state index in [-0.39, 0.29) is 15.2 Å². The van der Waals surface area contributed by atoms with E-state index in [2.05, 4.69) is 21.2 Å². The first-order valence-electron chi connectivity index (χ1n) is 5.41. The molecule has 114 valence electrons. The molecule has 7 nitrogen and oxygen atoms in total. The Morgan fingerprint density at radius 3 is 2.48 bits per heavy atom. The topological polar surface area (TPSA) is 113 Å². The molecule has 0 aliphatic rings. The number of nitrogens with two attached hydrogens (primary N) is 1. The number of urea groups is 1. The molecule has 21 heavy (non-hydrogen) atoms. The molecule has 0 aliphatic carbocycles. The average Bonchev–Trinajstić information content (AvgIpc) is 2.31. The Labute approximate surface area is 132 Å². The van der Waals surface area contributed by atoms with Crippen molar-refractivity contribution in [2.24, 2.45) is 5.73 Å². The second-order valence-electron chi connectivity index (χ2n) is 3.89. The number of hydrogen-bond acceptors (Lipinski definition) is 3. The molecule has 1 rings (SSSR count). The van der Waals surface area contributed by atoms with Crippen LogP contribution in [0.2, 0.25) is 5.02 Å². The van der Waals surface area contributed by atoms with Gasteiger partial charge >= 0.3 is 12.0 Å². The standard InChI is InChI=1S/C11H10BrClFN3O4/c12-6-1-5(14)2-7(13)10(6)16-11(21)17(3-8(15)18)4-9(19)20/h1-2H,3-4H2,(H2,15,18)(H,16,21)(H,19,20). The van der Waals surface area contributed by atoms with E-state index >= 15 is 0 Å². The third-order valence-corrected chi connectivity index (χ3v) is 3.12. The average molecular weight is 383 g/mol. The number of benzene rings is 1. The van der Waals surface area contributed by atoms with Crippen LogP contribution in [0.25, 0.3) is 0 Å². The van der Waals surface area contributed by atoms with Crippen LogP contribution in [0.3, 0.4) is 0 Å². The lowest BCUT2D eigenvalue weighted by atomic mass is 10.3. The van der Waals surface area contributed by atoms with Gasteiger partial charge in [-0.15, -0.1) is 0 Å². The van der Waals surface area contributed by atoms with Crippen molar-refractivity contribution in [3.8, 4) is 0 Å². The number of nitrogens with one attached hydrogen (secondary N) is 1. The molecule has 0 unspecified atom stereocenters. The molecule has 0 fully saturated rings. The molecular weight excluding hydrogens is 372 g/mol. The molecule has 0 saturated heterocycles. The fraction of sp³-hybridized carbons (Fsp3) is 0.182. The van der Waals surface area contributed by atoms with Gasteiger partial charge in [0.05, 0.1) is 10.7 Å². The van der Waals surface area contributed by atoms with Crippen molar-refractivity contribution in [2.75, 3.05) is 18.4 Å². The van der Waals surface area contributed by atoms with E-state index in [0.717, 1.165) is 12.1 Å². The van der Waals surface area contributed by atoms with Gasteiger partial charge in [0, 0.05) is 4.47 Å². The van der Waals surface area contributed by atoms with Crippen LogP contribution in [0.1, 0.15) is 0 Å². The molecule has 0 heterocycles. The summed E-state index contributed by atoms with van der Waals surface area (Å²) >= 11 is 8.80. The van der Waals surface area contributed by atoms with Gasteiger partial charge in [0.15, 0.2) is 0 Å². The number of carbonyl (C=O) groups is 3. The smallest absolute Gasteiger partial charge is 0.323 e. The predicted molar refractivity (Wildman–Crippen MR) is 76.5 cm³/mol. The molecule has 1 aromatic carbocycles. The number of nitrogens with zero attached hydrogens (tertiary/aromatic N) is 1. The van der Waals surface area contributed by atoms with E-state index in [1.807, 2.05) is 0 Å². The van der Waals surface area contributed by atoms with Gasteiger partial charge in [-0.25, -0.2) is 9.18 Å². The van der Waals surface area contributed by atoms with Gasteiger partial charge in [-0.2, -0.15) is 0 Å². The monoisotopic (exact) mass is 381 g/mol. The van der Waals surface area contributed by atoms with Crippen molar-refractivity contribution < 1.29 is 23.9 Å². The molecule has 10 heteroatoms. The Morgan fingerprint density at radius 2 is 2.00 bits per heavy atom. The van der Waals surface area contributed by atoms with Crippen LogP contribution in [0.4, 0.5) is 14.9 Å². The van der Waals surface area contributed by atoms with Crippen LogP contribution in [-0.4, -0.2) is 41.0 Å². The summed E-state index contributed by atoms with van der Waals surface area (Å²) in [6, 6.07) is 1.12. The number of anilines is 1. The highest BCUT2D eigenvalue weighted by molar-refractivity contribution is 9.10. The summed E-state index contributed by atoms with van der Waals surface area (Å²) in [4.78, 5) is 34.1. The lowest BCUT2D eigenvalue weighted by Crippen LogP contribution is -2.43. The normalized spacial score (nSPS) is 10.0. The number of carboxylic acid groups (broad SMARTS) is 1. The highest BCUT2D eigenvalue weighted by Gasteiger charge is 2.21. The van der Waals surface area contributed by atoms with Gasteiger partial charge in [-0.3, -0.25) is 9.59 Å². The summed E-state index contributed by atoms with van der Waals surface area (Å²) in [5.41, 5.74) is 4.99. The van der Waals surface area contributed by atoms with Gasteiger partial charge in [0.1, 0.15) is 18.9 Å². The Hall–Kier alpha value is -1.87. The highest BCUT2D eigenvalue weighted by atomic mass is 79.9. The van der Waals surface area contributed by atoms with Gasteiger partial charge in [-0.05, 0) is 28.1 Å². The molecule has 1 aromatic rings. The second kappa shape index (κ2) is 7.23. The second-order valence-corrected chi connectivity index (χ2v) is 5.15. The summed E-state index contributed by atoms with van der Waals surface area (Å²) in [6.45, 7) is -1.32. The number of amides is 3. The molecule has 0 spiro atoms. The maximum atomic E-state index is 13.1. The van der Waals surface area contributed by atoms with Gasteiger partial charge in [0.2, 0.25) is 5.91 Å². The van der Waals surface area contributed by atoms with Crippen LogP contribution in [0, 0.1) is 5.82 Å². The third kappa shape index (κ3) is 5.20. The maximum Gasteiger partial charge on any atom is 0.323 e. The number of halogens is 3. The van der Waals surface area contributed by atoms with Crippen LogP contribution in [0.15, 0.2) is 16.6 Å². The number of primary amides is 1. The van der Waals surface area contributed by atoms with Gasteiger partial charge in [0.25, 0.3) is 0 Å². The first kappa shape index (κ1) is 17.2. The highest BCUT2D eigenvalue weighted by Crippen LogP contribution is 2.31. The van der Waals surface area contributed by atoms with Crippen LogP contribution < -0.4 is 11.1 Å². The number of carboxylic acids is 1. The van der Waals surface area contributed by atoms with E-state index in [4.69, 9.17) is 22.4 Å². The van der Waals surface area contributed by atoms with Crippen LogP contribution >= 0.6 is 27.5 Å². The number of carbonyl (C=O) groups excluding carboxylic acids is 2. The Morgan fingerprint density at radius 1 is 1.38 bits per heavy atom. The fourth-order valence-electron chi connectivity index (χ4n) is 1.40. The van der Waals surface area contributed by atoms with Crippen molar-refractivity contribution in [3.63, 3.8) is 0 Å². The summed E-state index contributed by atoms with van der Waals surface area (Å²) < 4.78 is 13.2. The molecule has 3 amide bonds. The molecule has 4 N–H and O–H groups in total. The molecule has 0 bridgehead atoms. The Kier molecular flexibility index (Phi) is 5.91. The number of rotatable bonds is 5. The zero-order valence-electron chi connectivity index (χ0n) is 10.4. The number of aliphatic carboxylic acids is 1. The van der Waals surface area contributed by atoms with E-state index < -0.39 is 36.8 Å². The minimum atomic E-state index is -1.32. The maximum absolute atomic E-state index is 13.1. The third-order valence-electron chi connectivity index (χ3n) is 2.20. The predicted octanol–water partition coefficient (Wildman–Crippen LogP) is 1.65. The Balaban J connectivity index is 2.96. The lowest BCUT2D eigenvalue weighted by Gasteiger charge is -2.20. The summed E-state index contributed by atoms with van der Waals surface area (Å²) in [5.74, 6) is -2.82. The van der Waals surface area contributed by atoms with Crippen molar-refractivity contribution in [1.29, 1.82) is 0 Å². The lowest BCUT2D eigenvalue weighted by molar-refractivity contribution is -0.137. The summed E-state index contributed by atoms with van der Waals surface area (Å²) in [7, 11) is 0. The molecule has 0 atom stereocenters. The van der Waals surface area contributed by atoms with Crippen molar-refractivity contribution >= 4 is 51.1 Å². The van der Waals surface area contributed by atoms with Crippen molar-refractivity contribution in [2.45, 2.75) is 0 Å². The first-order chi connectivity index (χ1) is 9.70. The quantitative estimate of drug-likeness (QED) is 0.718. The van der Waals surface area contributed by atoms with Crippen LogP contribution in [-0.2, 0) is 9.59 Å². The molecule has 0 aromatic heterocycles. The van der Waals surface area contributed by atoms with E-state index in [1.54, 1.807) is 0 Å².